The smallest absolute Gasteiger partial charge is 0.0900 e. The van der Waals surface area contributed by atoms with Crippen molar-refractivity contribution in [3.8, 4) is 0 Å². The summed E-state index contributed by atoms with van der Waals surface area (Å²) in [6.45, 7) is 14.1. The molecule has 1 saturated carbocycles. The second-order valence-electron chi connectivity index (χ2n) is 8.33. The Morgan fingerprint density at radius 1 is 1.13 bits per heavy atom. The van der Waals surface area contributed by atoms with Crippen molar-refractivity contribution in [3.05, 3.63) is 0 Å². The molecule has 1 aliphatic carbocycles. The fourth-order valence-corrected chi connectivity index (χ4v) is 4.33. The second-order valence-corrected chi connectivity index (χ2v) is 8.33. The largest absolute Gasteiger partial charge is 0.389 e. The van der Waals surface area contributed by atoms with Crippen LogP contribution in [0.15, 0.2) is 0 Å². The van der Waals surface area contributed by atoms with E-state index in [4.69, 9.17) is 9.47 Å². The standard InChI is InChI=1S/C19H37NO3/c1-13(2)18-7-6-14(3)8-19(18)22-12-17(21)11-20-9-15(4)23-16(5)10-20/h13-19,21H,6-12H2,1-5H3/t14-,15-,16+,17+,18-,19+/m0/s1. The summed E-state index contributed by atoms with van der Waals surface area (Å²) >= 11 is 0. The molecule has 1 N–H and O–H groups in total. The lowest BCUT2D eigenvalue weighted by Gasteiger charge is -2.38. The van der Waals surface area contributed by atoms with E-state index in [0.29, 0.717) is 31.1 Å². The van der Waals surface area contributed by atoms with Gasteiger partial charge in [0.25, 0.3) is 0 Å². The molecule has 0 unspecified atom stereocenters. The monoisotopic (exact) mass is 327 g/mol. The number of hydrogen-bond acceptors (Lipinski definition) is 4. The number of aliphatic hydroxyl groups excluding tert-OH is 1. The third-order valence-electron chi connectivity index (χ3n) is 5.43. The van der Waals surface area contributed by atoms with Crippen LogP contribution in [0, 0.1) is 17.8 Å². The maximum atomic E-state index is 10.4. The number of ether oxygens (including phenoxy) is 2. The number of hydrogen-bond donors (Lipinski definition) is 1. The predicted octanol–water partition coefficient (Wildman–Crippen LogP) is 2.93. The first-order valence-electron chi connectivity index (χ1n) is 9.52. The van der Waals surface area contributed by atoms with E-state index >= 15 is 0 Å². The Balaban J connectivity index is 1.77. The summed E-state index contributed by atoms with van der Waals surface area (Å²) in [6.07, 6.45) is 4.12. The zero-order valence-electron chi connectivity index (χ0n) is 15.7. The van der Waals surface area contributed by atoms with Crippen molar-refractivity contribution >= 4 is 0 Å². The van der Waals surface area contributed by atoms with Crippen LogP contribution >= 0.6 is 0 Å². The van der Waals surface area contributed by atoms with Crippen molar-refractivity contribution in [1.82, 2.24) is 4.90 Å². The van der Waals surface area contributed by atoms with Gasteiger partial charge in [0, 0.05) is 19.6 Å². The number of aliphatic hydroxyl groups is 1. The molecule has 0 aromatic carbocycles. The van der Waals surface area contributed by atoms with Crippen LogP contribution in [0.25, 0.3) is 0 Å². The molecule has 2 fully saturated rings. The van der Waals surface area contributed by atoms with E-state index in [1.165, 1.54) is 12.8 Å². The molecule has 1 aliphatic heterocycles. The summed E-state index contributed by atoms with van der Waals surface area (Å²) in [6, 6.07) is 0. The van der Waals surface area contributed by atoms with E-state index in [9.17, 15) is 5.11 Å². The van der Waals surface area contributed by atoms with Gasteiger partial charge in [-0.1, -0.05) is 27.2 Å². The van der Waals surface area contributed by atoms with E-state index in [2.05, 4.69) is 39.5 Å². The molecule has 0 spiro atoms. The van der Waals surface area contributed by atoms with Crippen LogP contribution in [0.3, 0.4) is 0 Å². The second kappa shape index (κ2) is 8.80. The third-order valence-corrected chi connectivity index (χ3v) is 5.43. The van der Waals surface area contributed by atoms with Crippen LogP contribution in [0.5, 0.6) is 0 Å². The summed E-state index contributed by atoms with van der Waals surface area (Å²) in [7, 11) is 0. The minimum atomic E-state index is -0.405. The molecule has 6 atom stereocenters. The van der Waals surface area contributed by atoms with Gasteiger partial charge in [-0.25, -0.2) is 0 Å². The van der Waals surface area contributed by atoms with Gasteiger partial charge in [0.05, 0.1) is 31.0 Å². The Bertz CT molecular complexity index is 340. The number of β-amino-alcohol motifs (C(OH)–C–C–N with tert-alkyl or cyclic N) is 1. The quantitative estimate of drug-likeness (QED) is 0.814. The summed E-state index contributed by atoms with van der Waals surface area (Å²) < 4.78 is 11.9. The predicted molar refractivity (Wildman–Crippen MR) is 93.5 cm³/mol. The van der Waals surface area contributed by atoms with Gasteiger partial charge < -0.3 is 14.6 Å². The molecular formula is C19H37NO3. The van der Waals surface area contributed by atoms with Crippen molar-refractivity contribution in [2.24, 2.45) is 17.8 Å². The summed E-state index contributed by atoms with van der Waals surface area (Å²) in [5, 5.41) is 10.4. The maximum absolute atomic E-state index is 10.4. The first-order valence-corrected chi connectivity index (χ1v) is 9.52. The third kappa shape index (κ3) is 6.00. The highest BCUT2D eigenvalue weighted by Crippen LogP contribution is 2.35. The van der Waals surface area contributed by atoms with Crippen molar-refractivity contribution in [2.45, 2.75) is 78.3 Å². The average Bonchev–Trinajstić information content (AvgIpc) is 2.43. The summed E-state index contributed by atoms with van der Waals surface area (Å²) in [5.74, 6) is 2.04. The molecule has 2 rings (SSSR count). The maximum Gasteiger partial charge on any atom is 0.0900 e. The fourth-order valence-electron chi connectivity index (χ4n) is 4.33. The number of morpholine rings is 1. The van der Waals surface area contributed by atoms with Gasteiger partial charge in [0.15, 0.2) is 0 Å². The Morgan fingerprint density at radius 3 is 2.39 bits per heavy atom. The van der Waals surface area contributed by atoms with Gasteiger partial charge in [-0.2, -0.15) is 0 Å². The molecule has 1 heterocycles. The van der Waals surface area contributed by atoms with Crippen LogP contribution in [-0.2, 0) is 9.47 Å². The Kier molecular flexibility index (Phi) is 7.33. The van der Waals surface area contributed by atoms with Gasteiger partial charge in [-0.05, 0) is 44.4 Å². The molecule has 0 aromatic rings. The molecule has 2 aliphatic rings. The van der Waals surface area contributed by atoms with Crippen molar-refractivity contribution in [3.63, 3.8) is 0 Å². The fraction of sp³-hybridized carbons (Fsp3) is 1.00. The van der Waals surface area contributed by atoms with Crippen LogP contribution in [0.2, 0.25) is 0 Å². The van der Waals surface area contributed by atoms with Gasteiger partial charge in [-0.3, -0.25) is 4.90 Å². The average molecular weight is 328 g/mol. The topological polar surface area (TPSA) is 41.9 Å². The Hall–Kier alpha value is -0.160. The van der Waals surface area contributed by atoms with Gasteiger partial charge in [-0.15, -0.1) is 0 Å². The van der Waals surface area contributed by atoms with Crippen molar-refractivity contribution in [2.75, 3.05) is 26.2 Å². The molecule has 0 radical (unpaired) electrons. The minimum absolute atomic E-state index is 0.247. The van der Waals surface area contributed by atoms with E-state index in [1.54, 1.807) is 0 Å². The SMILES string of the molecule is CC(C)[C@@H]1CC[C@H](C)C[C@H]1OC[C@H](O)CN1C[C@@H](C)O[C@@H](C)C1. The number of nitrogens with zero attached hydrogens (tertiary/aromatic N) is 1. The molecule has 0 aromatic heterocycles. The van der Waals surface area contributed by atoms with Crippen LogP contribution in [-0.4, -0.2) is 60.7 Å². The molecule has 23 heavy (non-hydrogen) atoms. The lowest BCUT2D eigenvalue weighted by molar-refractivity contribution is -0.0974. The molecule has 4 nitrogen and oxygen atoms in total. The molecule has 0 amide bonds. The lowest BCUT2D eigenvalue weighted by Crippen LogP contribution is -2.49. The van der Waals surface area contributed by atoms with E-state index in [0.717, 1.165) is 25.4 Å². The molecule has 136 valence electrons. The van der Waals surface area contributed by atoms with Crippen LogP contribution in [0.1, 0.15) is 53.9 Å². The van der Waals surface area contributed by atoms with E-state index in [1.807, 2.05) is 0 Å². The van der Waals surface area contributed by atoms with Crippen LogP contribution in [0.4, 0.5) is 0 Å². The number of rotatable bonds is 6. The molecule has 1 saturated heterocycles. The molecule has 0 bridgehead atoms. The highest BCUT2D eigenvalue weighted by molar-refractivity contribution is 4.82. The van der Waals surface area contributed by atoms with Crippen molar-refractivity contribution < 1.29 is 14.6 Å². The first-order chi connectivity index (χ1) is 10.8. The zero-order chi connectivity index (χ0) is 17.0. The highest BCUT2D eigenvalue weighted by atomic mass is 16.5. The first kappa shape index (κ1) is 19.2. The molecular weight excluding hydrogens is 290 g/mol. The van der Waals surface area contributed by atoms with Gasteiger partial charge >= 0.3 is 0 Å². The normalized spacial score (nSPS) is 38.0. The van der Waals surface area contributed by atoms with E-state index in [-0.39, 0.29) is 12.2 Å². The molecule has 4 heteroatoms. The van der Waals surface area contributed by atoms with Crippen molar-refractivity contribution in [1.29, 1.82) is 0 Å². The summed E-state index contributed by atoms with van der Waals surface area (Å²) in [4.78, 5) is 2.30. The minimum Gasteiger partial charge on any atom is -0.389 e. The Morgan fingerprint density at radius 2 is 1.78 bits per heavy atom. The lowest BCUT2D eigenvalue weighted by atomic mass is 9.75. The van der Waals surface area contributed by atoms with E-state index < -0.39 is 6.10 Å². The van der Waals surface area contributed by atoms with Gasteiger partial charge in [0.2, 0.25) is 0 Å². The highest BCUT2D eigenvalue weighted by Gasteiger charge is 2.32. The zero-order valence-corrected chi connectivity index (χ0v) is 15.7. The summed E-state index contributed by atoms with van der Waals surface area (Å²) in [5.41, 5.74) is 0. The van der Waals surface area contributed by atoms with Gasteiger partial charge in [0.1, 0.15) is 0 Å². The van der Waals surface area contributed by atoms with Crippen LogP contribution < -0.4 is 0 Å². The Labute approximate surface area is 142 Å².